The smallest absolute Gasteiger partial charge is 0.198 e. The maximum atomic E-state index is 5.66. The van der Waals surface area contributed by atoms with Crippen molar-refractivity contribution in [2.75, 3.05) is 0 Å². The zero-order valence-corrected chi connectivity index (χ0v) is 10.3. The lowest BCUT2D eigenvalue weighted by molar-refractivity contribution is 0.500. The molecule has 0 aliphatic rings. The maximum Gasteiger partial charge on any atom is 0.198 e. The van der Waals surface area contributed by atoms with Crippen LogP contribution in [0.4, 0.5) is 0 Å². The van der Waals surface area contributed by atoms with Gasteiger partial charge in [0.15, 0.2) is 11.5 Å². The van der Waals surface area contributed by atoms with E-state index < -0.39 is 0 Å². The van der Waals surface area contributed by atoms with Gasteiger partial charge in [0.05, 0.1) is 4.47 Å². The second-order valence-electron chi connectivity index (χ2n) is 3.84. The second kappa shape index (κ2) is 3.94. The van der Waals surface area contributed by atoms with Gasteiger partial charge in [-0.1, -0.05) is 13.8 Å². The fourth-order valence-electron chi connectivity index (χ4n) is 1.43. The molecule has 4 heteroatoms. The van der Waals surface area contributed by atoms with E-state index in [2.05, 4.69) is 34.8 Å². The number of nitrogens with zero attached hydrogens (tertiary/aromatic N) is 1. The summed E-state index contributed by atoms with van der Waals surface area (Å²) >= 11 is 3.46. The normalized spacial score (nSPS) is 11.5. The summed E-state index contributed by atoms with van der Waals surface area (Å²) in [4.78, 5) is 4.43. The third kappa shape index (κ3) is 1.92. The van der Waals surface area contributed by atoms with Crippen molar-refractivity contribution in [1.82, 2.24) is 4.98 Å². The van der Waals surface area contributed by atoms with Gasteiger partial charge < -0.3 is 10.2 Å². The standard InChI is InChI=1S/C11H13BrN2O/c1-6(2)11-14-9-4-7(5-13)3-8(12)10(9)15-11/h3-4,6H,5,13H2,1-2H3. The Bertz CT molecular complexity index is 491. The van der Waals surface area contributed by atoms with Crippen LogP contribution in [-0.4, -0.2) is 4.98 Å². The Morgan fingerprint density at radius 3 is 2.80 bits per heavy atom. The number of nitrogens with two attached hydrogens (primary N) is 1. The summed E-state index contributed by atoms with van der Waals surface area (Å²) < 4.78 is 6.58. The average molecular weight is 269 g/mol. The second-order valence-corrected chi connectivity index (χ2v) is 4.69. The van der Waals surface area contributed by atoms with Crippen LogP contribution < -0.4 is 5.73 Å². The Morgan fingerprint density at radius 1 is 1.47 bits per heavy atom. The first-order valence-corrected chi connectivity index (χ1v) is 5.70. The van der Waals surface area contributed by atoms with E-state index in [9.17, 15) is 0 Å². The minimum atomic E-state index is 0.297. The largest absolute Gasteiger partial charge is 0.439 e. The van der Waals surface area contributed by atoms with E-state index in [1.807, 2.05) is 12.1 Å². The molecule has 15 heavy (non-hydrogen) atoms. The van der Waals surface area contributed by atoms with Gasteiger partial charge in [0.1, 0.15) is 5.52 Å². The highest BCUT2D eigenvalue weighted by Crippen LogP contribution is 2.28. The summed E-state index contributed by atoms with van der Waals surface area (Å²) in [6, 6.07) is 3.94. The third-order valence-electron chi connectivity index (χ3n) is 2.25. The first kappa shape index (κ1) is 10.6. The molecule has 0 radical (unpaired) electrons. The molecule has 3 nitrogen and oxygen atoms in total. The Kier molecular flexibility index (Phi) is 2.80. The number of hydrogen-bond acceptors (Lipinski definition) is 3. The molecule has 0 saturated carbocycles. The zero-order chi connectivity index (χ0) is 11.0. The van der Waals surface area contributed by atoms with Gasteiger partial charge in [-0.15, -0.1) is 0 Å². The molecule has 80 valence electrons. The minimum Gasteiger partial charge on any atom is -0.439 e. The predicted molar refractivity (Wildman–Crippen MR) is 63.7 cm³/mol. The van der Waals surface area contributed by atoms with Crippen molar-refractivity contribution in [2.24, 2.45) is 5.73 Å². The van der Waals surface area contributed by atoms with Gasteiger partial charge >= 0.3 is 0 Å². The number of oxazole rings is 1. The van der Waals surface area contributed by atoms with Gasteiger partial charge in [-0.25, -0.2) is 4.98 Å². The lowest BCUT2D eigenvalue weighted by atomic mass is 10.2. The van der Waals surface area contributed by atoms with Gasteiger partial charge in [-0.3, -0.25) is 0 Å². The summed E-state index contributed by atoms with van der Waals surface area (Å²) in [6.07, 6.45) is 0. The van der Waals surface area contributed by atoms with Crippen LogP contribution in [0, 0.1) is 0 Å². The Hall–Kier alpha value is -0.870. The fourth-order valence-corrected chi connectivity index (χ4v) is 2.01. The highest BCUT2D eigenvalue weighted by Gasteiger charge is 2.12. The van der Waals surface area contributed by atoms with E-state index in [0.717, 1.165) is 27.0 Å². The fraction of sp³-hybridized carbons (Fsp3) is 0.364. The van der Waals surface area contributed by atoms with Crippen molar-refractivity contribution in [3.05, 3.63) is 28.1 Å². The lowest BCUT2D eigenvalue weighted by Gasteiger charge is -1.97. The topological polar surface area (TPSA) is 52.0 Å². The van der Waals surface area contributed by atoms with Crippen molar-refractivity contribution in [1.29, 1.82) is 0 Å². The van der Waals surface area contributed by atoms with Crippen LogP contribution in [0.15, 0.2) is 21.0 Å². The molecule has 2 aromatic rings. The third-order valence-corrected chi connectivity index (χ3v) is 2.84. The Balaban J connectivity index is 2.64. The highest BCUT2D eigenvalue weighted by molar-refractivity contribution is 9.10. The molecular formula is C11H13BrN2O. The van der Waals surface area contributed by atoms with Crippen LogP contribution in [0.2, 0.25) is 0 Å². The molecule has 0 unspecified atom stereocenters. The summed E-state index contributed by atoms with van der Waals surface area (Å²) in [7, 11) is 0. The van der Waals surface area contributed by atoms with Gasteiger partial charge in [0.25, 0.3) is 0 Å². The van der Waals surface area contributed by atoms with Gasteiger partial charge in [-0.05, 0) is 33.6 Å². The van der Waals surface area contributed by atoms with E-state index in [1.54, 1.807) is 0 Å². The van der Waals surface area contributed by atoms with Gasteiger partial charge in [-0.2, -0.15) is 0 Å². The molecule has 0 spiro atoms. The van der Waals surface area contributed by atoms with E-state index in [0.29, 0.717) is 12.5 Å². The molecule has 1 heterocycles. The number of benzene rings is 1. The molecule has 1 aromatic heterocycles. The molecule has 2 rings (SSSR count). The van der Waals surface area contributed by atoms with Crippen molar-refractivity contribution in [3.63, 3.8) is 0 Å². The summed E-state index contributed by atoms with van der Waals surface area (Å²) in [6.45, 7) is 4.63. The number of aromatic nitrogens is 1. The molecule has 0 fully saturated rings. The van der Waals surface area contributed by atoms with Crippen LogP contribution >= 0.6 is 15.9 Å². The Labute approximate surface area is 96.8 Å². The summed E-state index contributed by atoms with van der Waals surface area (Å²) in [5.41, 5.74) is 8.32. The van der Waals surface area contributed by atoms with E-state index >= 15 is 0 Å². The maximum absolute atomic E-state index is 5.66. The lowest BCUT2D eigenvalue weighted by Crippen LogP contribution is -1.95. The van der Waals surface area contributed by atoms with E-state index in [1.165, 1.54) is 0 Å². The summed E-state index contributed by atoms with van der Waals surface area (Å²) in [5.74, 6) is 1.06. The monoisotopic (exact) mass is 268 g/mol. The van der Waals surface area contributed by atoms with Crippen LogP contribution in [0.1, 0.15) is 31.2 Å². The predicted octanol–water partition coefficient (Wildman–Crippen LogP) is 3.17. The molecule has 0 atom stereocenters. The molecule has 2 N–H and O–H groups in total. The van der Waals surface area contributed by atoms with E-state index in [-0.39, 0.29) is 0 Å². The zero-order valence-electron chi connectivity index (χ0n) is 8.75. The van der Waals surface area contributed by atoms with Gasteiger partial charge in [0, 0.05) is 12.5 Å². The molecule has 0 amide bonds. The molecule has 0 saturated heterocycles. The van der Waals surface area contributed by atoms with Crippen LogP contribution in [-0.2, 0) is 6.54 Å². The minimum absolute atomic E-state index is 0.297. The number of hydrogen-bond donors (Lipinski definition) is 1. The van der Waals surface area contributed by atoms with Gasteiger partial charge in [0.2, 0.25) is 0 Å². The Morgan fingerprint density at radius 2 is 2.20 bits per heavy atom. The van der Waals surface area contributed by atoms with Crippen molar-refractivity contribution < 1.29 is 4.42 Å². The number of rotatable bonds is 2. The number of fused-ring (bicyclic) bond motifs is 1. The SMILES string of the molecule is CC(C)c1nc2cc(CN)cc(Br)c2o1. The molecular weight excluding hydrogens is 256 g/mol. The van der Waals surface area contributed by atoms with Crippen molar-refractivity contribution >= 4 is 27.0 Å². The summed E-state index contributed by atoms with van der Waals surface area (Å²) in [5, 5.41) is 0. The van der Waals surface area contributed by atoms with Crippen molar-refractivity contribution in [2.45, 2.75) is 26.3 Å². The van der Waals surface area contributed by atoms with Crippen LogP contribution in [0.5, 0.6) is 0 Å². The van der Waals surface area contributed by atoms with E-state index in [4.69, 9.17) is 10.2 Å². The molecule has 1 aromatic carbocycles. The average Bonchev–Trinajstić information content (AvgIpc) is 2.61. The van der Waals surface area contributed by atoms with Crippen LogP contribution in [0.25, 0.3) is 11.1 Å². The van der Waals surface area contributed by atoms with Crippen molar-refractivity contribution in [3.8, 4) is 0 Å². The first-order chi connectivity index (χ1) is 7.11. The quantitative estimate of drug-likeness (QED) is 0.910. The highest BCUT2D eigenvalue weighted by atomic mass is 79.9. The molecule has 0 aliphatic heterocycles. The number of halogens is 1. The van der Waals surface area contributed by atoms with Crippen LogP contribution in [0.3, 0.4) is 0 Å². The molecule has 0 aliphatic carbocycles. The first-order valence-electron chi connectivity index (χ1n) is 4.90. The molecule has 0 bridgehead atoms.